The molecule has 104 valence electrons. The van der Waals surface area contributed by atoms with Gasteiger partial charge in [-0.15, -0.1) is 0 Å². The number of aromatic nitrogens is 2. The SMILES string of the molecule is CC1(C)CC2CC(C)(CN2C(=O)c2cn[nH]c2N)C1. The fourth-order valence-corrected chi connectivity index (χ4v) is 4.32. The van der Waals surface area contributed by atoms with E-state index in [2.05, 4.69) is 31.0 Å². The Morgan fingerprint density at radius 3 is 2.84 bits per heavy atom. The topological polar surface area (TPSA) is 75.0 Å². The molecule has 0 spiro atoms. The van der Waals surface area contributed by atoms with Crippen LogP contribution in [0.3, 0.4) is 0 Å². The molecule has 5 heteroatoms. The molecule has 1 amide bonds. The molecule has 2 fully saturated rings. The van der Waals surface area contributed by atoms with E-state index in [0.717, 1.165) is 19.4 Å². The van der Waals surface area contributed by atoms with Crippen LogP contribution in [-0.4, -0.2) is 33.6 Å². The Hall–Kier alpha value is -1.52. The van der Waals surface area contributed by atoms with Crippen molar-refractivity contribution in [3.63, 3.8) is 0 Å². The molecule has 2 bridgehead atoms. The van der Waals surface area contributed by atoms with Crippen molar-refractivity contribution in [3.8, 4) is 0 Å². The molecular formula is C14H22N4O. The van der Waals surface area contributed by atoms with E-state index in [1.165, 1.54) is 12.6 Å². The minimum absolute atomic E-state index is 0.0256. The number of hydrogen-bond acceptors (Lipinski definition) is 3. The molecule has 1 saturated heterocycles. The molecule has 1 aliphatic carbocycles. The summed E-state index contributed by atoms with van der Waals surface area (Å²) in [7, 11) is 0. The minimum atomic E-state index is 0.0256. The average molecular weight is 262 g/mol. The normalized spacial score (nSPS) is 32.6. The average Bonchev–Trinajstić information content (AvgIpc) is 2.78. The van der Waals surface area contributed by atoms with Crippen LogP contribution in [0.2, 0.25) is 0 Å². The summed E-state index contributed by atoms with van der Waals surface area (Å²) >= 11 is 0. The van der Waals surface area contributed by atoms with E-state index in [9.17, 15) is 4.79 Å². The molecule has 1 saturated carbocycles. The highest BCUT2D eigenvalue weighted by Gasteiger charge is 2.51. The Kier molecular flexibility index (Phi) is 2.46. The fraction of sp³-hybridized carbons (Fsp3) is 0.714. The number of H-pyrrole nitrogens is 1. The van der Waals surface area contributed by atoms with Gasteiger partial charge in [-0.05, 0) is 30.1 Å². The molecule has 1 aromatic rings. The summed E-state index contributed by atoms with van der Waals surface area (Å²) in [4.78, 5) is 14.6. The predicted molar refractivity (Wildman–Crippen MR) is 73.6 cm³/mol. The van der Waals surface area contributed by atoms with Crippen molar-refractivity contribution in [2.45, 2.75) is 46.1 Å². The van der Waals surface area contributed by atoms with Crippen molar-refractivity contribution in [2.24, 2.45) is 10.8 Å². The van der Waals surface area contributed by atoms with E-state index in [0.29, 0.717) is 22.8 Å². The Labute approximate surface area is 113 Å². The number of nitrogens with one attached hydrogen (secondary N) is 1. The van der Waals surface area contributed by atoms with Gasteiger partial charge in [0.15, 0.2) is 0 Å². The molecule has 2 unspecified atom stereocenters. The zero-order chi connectivity index (χ0) is 13.8. The molecule has 3 N–H and O–H groups in total. The maximum atomic E-state index is 12.6. The maximum Gasteiger partial charge on any atom is 0.259 e. The van der Waals surface area contributed by atoms with Gasteiger partial charge in [-0.2, -0.15) is 5.10 Å². The molecule has 0 aromatic carbocycles. The predicted octanol–water partition coefficient (Wildman–Crippen LogP) is 2.03. The number of hydrogen-bond donors (Lipinski definition) is 2. The van der Waals surface area contributed by atoms with Crippen LogP contribution in [0.15, 0.2) is 6.20 Å². The minimum Gasteiger partial charge on any atom is -0.383 e. The highest BCUT2D eigenvalue weighted by Crippen LogP contribution is 2.52. The largest absolute Gasteiger partial charge is 0.383 e. The zero-order valence-corrected chi connectivity index (χ0v) is 11.9. The van der Waals surface area contributed by atoms with Gasteiger partial charge in [-0.25, -0.2) is 0 Å². The highest BCUT2D eigenvalue weighted by molar-refractivity contribution is 5.98. The number of rotatable bonds is 1. The van der Waals surface area contributed by atoms with E-state index in [-0.39, 0.29) is 11.3 Å². The van der Waals surface area contributed by atoms with Gasteiger partial charge in [-0.1, -0.05) is 20.8 Å². The third-order valence-corrected chi connectivity index (χ3v) is 4.57. The zero-order valence-electron chi connectivity index (χ0n) is 11.9. The van der Waals surface area contributed by atoms with Gasteiger partial charge in [0, 0.05) is 12.6 Å². The van der Waals surface area contributed by atoms with Crippen LogP contribution in [0.4, 0.5) is 5.82 Å². The molecule has 19 heavy (non-hydrogen) atoms. The summed E-state index contributed by atoms with van der Waals surface area (Å²) in [5.41, 5.74) is 6.84. The van der Waals surface area contributed by atoms with Crippen LogP contribution in [0.5, 0.6) is 0 Å². The molecule has 0 radical (unpaired) electrons. The number of amides is 1. The Bertz CT molecular complexity index is 521. The quantitative estimate of drug-likeness (QED) is 0.813. The lowest BCUT2D eigenvalue weighted by molar-refractivity contribution is 0.0709. The number of nitrogen functional groups attached to an aromatic ring is 1. The van der Waals surface area contributed by atoms with E-state index < -0.39 is 0 Å². The third-order valence-electron chi connectivity index (χ3n) is 4.57. The maximum absolute atomic E-state index is 12.6. The third kappa shape index (κ3) is 2.01. The number of anilines is 1. The first kappa shape index (κ1) is 12.5. The van der Waals surface area contributed by atoms with Gasteiger partial charge in [-0.3, -0.25) is 9.89 Å². The van der Waals surface area contributed by atoms with Gasteiger partial charge in [0.1, 0.15) is 11.4 Å². The molecular weight excluding hydrogens is 240 g/mol. The van der Waals surface area contributed by atoms with Gasteiger partial charge < -0.3 is 10.6 Å². The second-order valence-electron chi connectivity index (χ2n) is 7.34. The van der Waals surface area contributed by atoms with E-state index in [1.807, 2.05) is 4.90 Å². The molecule has 5 nitrogen and oxygen atoms in total. The van der Waals surface area contributed by atoms with Crippen molar-refractivity contribution in [1.29, 1.82) is 0 Å². The van der Waals surface area contributed by atoms with Crippen molar-refractivity contribution < 1.29 is 4.79 Å². The highest BCUT2D eigenvalue weighted by atomic mass is 16.2. The first-order valence-corrected chi connectivity index (χ1v) is 6.90. The van der Waals surface area contributed by atoms with Crippen LogP contribution in [-0.2, 0) is 0 Å². The Balaban J connectivity index is 1.88. The number of carbonyl (C=O) groups excluding carboxylic acids is 1. The molecule has 1 aliphatic heterocycles. The number of likely N-dealkylation sites (tertiary alicyclic amines) is 1. The van der Waals surface area contributed by atoms with Gasteiger partial charge in [0.05, 0.1) is 6.20 Å². The van der Waals surface area contributed by atoms with Crippen LogP contribution in [0.1, 0.15) is 50.4 Å². The van der Waals surface area contributed by atoms with Crippen LogP contribution >= 0.6 is 0 Å². The second kappa shape index (κ2) is 3.74. The van der Waals surface area contributed by atoms with Crippen molar-refractivity contribution in [2.75, 3.05) is 12.3 Å². The van der Waals surface area contributed by atoms with Crippen LogP contribution < -0.4 is 5.73 Å². The molecule has 1 aromatic heterocycles. The molecule has 3 rings (SSSR count). The molecule has 2 heterocycles. The number of carbonyl (C=O) groups is 1. The van der Waals surface area contributed by atoms with Crippen LogP contribution in [0, 0.1) is 10.8 Å². The standard InChI is InChI=1S/C14H22N4O/c1-13(2)4-9-5-14(3,7-13)8-18(9)12(19)10-6-16-17-11(10)15/h6,9H,4-5,7-8H2,1-3H3,(H3,15,16,17). The van der Waals surface area contributed by atoms with Gasteiger partial charge in [0.25, 0.3) is 5.91 Å². The number of nitrogens with zero attached hydrogens (tertiary/aromatic N) is 2. The number of nitrogens with two attached hydrogens (primary N) is 1. The lowest BCUT2D eigenvalue weighted by Crippen LogP contribution is -2.37. The van der Waals surface area contributed by atoms with Crippen molar-refractivity contribution in [1.82, 2.24) is 15.1 Å². The smallest absolute Gasteiger partial charge is 0.259 e. The first-order chi connectivity index (χ1) is 8.80. The lowest BCUT2D eigenvalue weighted by Gasteiger charge is -2.39. The Morgan fingerprint density at radius 1 is 1.47 bits per heavy atom. The number of aromatic amines is 1. The van der Waals surface area contributed by atoms with Crippen LogP contribution in [0.25, 0.3) is 0 Å². The van der Waals surface area contributed by atoms with E-state index in [4.69, 9.17) is 5.73 Å². The summed E-state index contributed by atoms with van der Waals surface area (Å²) in [5, 5.41) is 6.49. The monoisotopic (exact) mass is 262 g/mol. The summed E-state index contributed by atoms with van der Waals surface area (Å²) in [6, 6.07) is 0.343. The summed E-state index contributed by atoms with van der Waals surface area (Å²) in [6.07, 6.45) is 4.90. The van der Waals surface area contributed by atoms with Crippen molar-refractivity contribution >= 4 is 11.7 Å². The lowest BCUT2D eigenvalue weighted by atomic mass is 9.65. The van der Waals surface area contributed by atoms with E-state index in [1.54, 1.807) is 0 Å². The van der Waals surface area contributed by atoms with E-state index >= 15 is 0 Å². The summed E-state index contributed by atoms with van der Waals surface area (Å²) in [6.45, 7) is 7.74. The molecule has 2 atom stereocenters. The fourth-order valence-electron chi connectivity index (χ4n) is 4.32. The van der Waals surface area contributed by atoms with Gasteiger partial charge >= 0.3 is 0 Å². The molecule has 2 aliphatic rings. The first-order valence-electron chi connectivity index (χ1n) is 6.90. The summed E-state index contributed by atoms with van der Waals surface area (Å²) in [5.74, 6) is 0.397. The van der Waals surface area contributed by atoms with Crippen molar-refractivity contribution in [3.05, 3.63) is 11.8 Å². The second-order valence-corrected chi connectivity index (χ2v) is 7.34. The Morgan fingerprint density at radius 2 is 2.21 bits per heavy atom. The van der Waals surface area contributed by atoms with Gasteiger partial charge in [0.2, 0.25) is 0 Å². The number of fused-ring (bicyclic) bond motifs is 2. The summed E-state index contributed by atoms with van der Waals surface area (Å²) < 4.78 is 0.